The molecule has 1 atom stereocenters. The highest BCUT2D eigenvalue weighted by molar-refractivity contribution is 5.73. The Morgan fingerprint density at radius 1 is 1.07 bits per heavy atom. The maximum atomic E-state index is 13.2. The Bertz CT molecular complexity index is 877. The zero-order valence-corrected chi connectivity index (χ0v) is 17.9. The third-order valence-corrected chi connectivity index (χ3v) is 6.40. The molecule has 160 valence electrons. The lowest BCUT2D eigenvalue weighted by Crippen LogP contribution is -2.49. The van der Waals surface area contributed by atoms with Gasteiger partial charge in [0.05, 0.1) is 0 Å². The molecular formula is C24H31FN4O. The molecule has 2 aliphatic rings. The molecule has 2 fully saturated rings. The molecule has 4 rings (SSSR count). The molecule has 2 saturated heterocycles. The normalized spacial score (nSPS) is 20.9. The number of piperidine rings is 2. The van der Waals surface area contributed by atoms with Gasteiger partial charge in [-0.2, -0.15) is 0 Å². The number of halogens is 1. The molecule has 0 bridgehead atoms. The Morgan fingerprint density at radius 2 is 1.80 bits per heavy atom. The number of benzene rings is 1. The Morgan fingerprint density at radius 3 is 2.50 bits per heavy atom. The van der Waals surface area contributed by atoms with Crippen molar-refractivity contribution in [1.29, 1.82) is 0 Å². The predicted molar refractivity (Wildman–Crippen MR) is 117 cm³/mol. The number of hydrogen-bond donors (Lipinski definition) is 1. The smallest absolute Gasteiger partial charge is 0.219 e. The Kier molecular flexibility index (Phi) is 6.32. The van der Waals surface area contributed by atoms with E-state index >= 15 is 0 Å². The predicted octanol–water partition coefficient (Wildman–Crippen LogP) is 4.46. The molecular weight excluding hydrogens is 379 g/mol. The van der Waals surface area contributed by atoms with E-state index in [1.807, 2.05) is 17.9 Å². The third kappa shape index (κ3) is 4.98. The number of aryl methyl sites for hydroxylation is 1. The van der Waals surface area contributed by atoms with Crippen molar-refractivity contribution in [2.75, 3.05) is 31.5 Å². The Labute approximate surface area is 178 Å². The molecule has 2 aromatic rings. The summed E-state index contributed by atoms with van der Waals surface area (Å²) < 4.78 is 13.2. The van der Waals surface area contributed by atoms with Crippen LogP contribution in [0.25, 0.3) is 0 Å². The molecule has 0 aliphatic carbocycles. The summed E-state index contributed by atoms with van der Waals surface area (Å²) in [5.41, 5.74) is 3.99. The molecule has 6 heteroatoms. The Hall–Kier alpha value is -2.47. The minimum atomic E-state index is -0.233. The van der Waals surface area contributed by atoms with Gasteiger partial charge in [0.15, 0.2) is 0 Å². The standard InChI is InChI=1S/C24H31FN4O/c1-17-14-22(27-21-7-5-20(25)6-8-21)15-24(26-17)19-4-3-11-29(16-19)23-9-12-28(13-10-23)18(2)30/h5-8,14-15,19,23H,3-4,9-13,16H2,1-2H3,(H,26,27)/t19-/m0/s1. The SMILES string of the molecule is CC(=O)N1CCC(N2CCC[C@H](c3cc(Nc4ccc(F)cc4)cc(C)n3)C2)CC1. The Balaban J connectivity index is 1.43. The van der Waals surface area contributed by atoms with E-state index in [2.05, 4.69) is 16.3 Å². The molecule has 0 spiro atoms. The largest absolute Gasteiger partial charge is 0.355 e. The number of rotatable bonds is 4. The first-order valence-electron chi connectivity index (χ1n) is 11.0. The molecule has 0 unspecified atom stereocenters. The number of nitrogens with one attached hydrogen (secondary N) is 1. The summed E-state index contributed by atoms with van der Waals surface area (Å²) >= 11 is 0. The van der Waals surface area contributed by atoms with Crippen LogP contribution in [0.15, 0.2) is 36.4 Å². The topological polar surface area (TPSA) is 48.5 Å². The van der Waals surface area contributed by atoms with Crippen LogP contribution in [0.3, 0.4) is 0 Å². The van der Waals surface area contributed by atoms with Crippen LogP contribution in [0.1, 0.15) is 49.9 Å². The highest BCUT2D eigenvalue weighted by atomic mass is 19.1. The molecule has 5 nitrogen and oxygen atoms in total. The van der Waals surface area contributed by atoms with Crippen molar-refractivity contribution in [3.63, 3.8) is 0 Å². The molecule has 1 aromatic heterocycles. The summed E-state index contributed by atoms with van der Waals surface area (Å²) in [5.74, 6) is 0.372. The maximum absolute atomic E-state index is 13.2. The van der Waals surface area contributed by atoms with Gasteiger partial charge in [-0.25, -0.2) is 4.39 Å². The van der Waals surface area contributed by atoms with E-state index in [0.717, 1.165) is 68.2 Å². The first-order valence-corrected chi connectivity index (χ1v) is 11.0. The lowest BCUT2D eigenvalue weighted by molar-refractivity contribution is -0.130. The van der Waals surface area contributed by atoms with Gasteiger partial charge in [-0.1, -0.05) is 0 Å². The van der Waals surface area contributed by atoms with Crippen LogP contribution in [0, 0.1) is 12.7 Å². The van der Waals surface area contributed by atoms with Crippen molar-refractivity contribution in [2.45, 2.75) is 51.5 Å². The van der Waals surface area contributed by atoms with Gasteiger partial charge in [0.2, 0.25) is 5.91 Å². The number of likely N-dealkylation sites (tertiary alicyclic amines) is 2. The average molecular weight is 411 g/mol. The summed E-state index contributed by atoms with van der Waals surface area (Å²) in [5, 5.41) is 3.38. The van der Waals surface area contributed by atoms with Crippen LogP contribution >= 0.6 is 0 Å². The number of aromatic nitrogens is 1. The van der Waals surface area contributed by atoms with E-state index in [-0.39, 0.29) is 11.7 Å². The van der Waals surface area contributed by atoms with Crippen LogP contribution in [-0.2, 0) is 4.79 Å². The summed E-state index contributed by atoms with van der Waals surface area (Å²) in [7, 11) is 0. The number of hydrogen-bond acceptors (Lipinski definition) is 4. The zero-order valence-electron chi connectivity index (χ0n) is 17.9. The van der Waals surface area contributed by atoms with Crippen molar-refractivity contribution in [3.8, 4) is 0 Å². The van der Waals surface area contributed by atoms with Crippen molar-refractivity contribution in [3.05, 3.63) is 53.6 Å². The second kappa shape index (κ2) is 9.13. The summed E-state index contributed by atoms with van der Waals surface area (Å²) in [6.07, 6.45) is 4.44. The van der Waals surface area contributed by atoms with Crippen molar-refractivity contribution in [1.82, 2.24) is 14.8 Å². The fraction of sp³-hybridized carbons (Fsp3) is 0.500. The summed E-state index contributed by atoms with van der Waals surface area (Å²) in [6.45, 7) is 7.59. The molecule has 1 N–H and O–H groups in total. The molecule has 1 amide bonds. The van der Waals surface area contributed by atoms with E-state index in [4.69, 9.17) is 4.98 Å². The van der Waals surface area contributed by atoms with Gasteiger partial charge in [0.1, 0.15) is 5.82 Å². The van der Waals surface area contributed by atoms with Gasteiger partial charge < -0.3 is 10.2 Å². The molecule has 0 radical (unpaired) electrons. The fourth-order valence-corrected chi connectivity index (χ4v) is 4.80. The van der Waals surface area contributed by atoms with Gasteiger partial charge in [-0.05, 0) is 75.5 Å². The number of carbonyl (C=O) groups is 1. The molecule has 1 aromatic carbocycles. The summed E-state index contributed by atoms with van der Waals surface area (Å²) in [6, 6.07) is 11.2. The van der Waals surface area contributed by atoms with Crippen LogP contribution in [0.2, 0.25) is 0 Å². The monoisotopic (exact) mass is 410 g/mol. The lowest BCUT2D eigenvalue weighted by Gasteiger charge is -2.42. The van der Waals surface area contributed by atoms with Gasteiger partial charge in [0.25, 0.3) is 0 Å². The number of amides is 1. The minimum Gasteiger partial charge on any atom is -0.355 e. The fourth-order valence-electron chi connectivity index (χ4n) is 4.80. The highest BCUT2D eigenvalue weighted by Crippen LogP contribution is 2.31. The van der Waals surface area contributed by atoms with Crippen molar-refractivity contribution < 1.29 is 9.18 Å². The van der Waals surface area contributed by atoms with Crippen LogP contribution < -0.4 is 5.32 Å². The number of anilines is 2. The van der Waals surface area contributed by atoms with E-state index in [0.29, 0.717) is 12.0 Å². The van der Waals surface area contributed by atoms with Crippen molar-refractivity contribution >= 4 is 17.3 Å². The van der Waals surface area contributed by atoms with E-state index in [1.165, 1.54) is 18.6 Å². The second-order valence-corrected chi connectivity index (χ2v) is 8.63. The van der Waals surface area contributed by atoms with Gasteiger partial charge in [-0.3, -0.25) is 14.7 Å². The molecule has 0 saturated carbocycles. The maximum Gasteiger partial charge on any atom is 0.219 e. The second-order valence-electron chi connectivity index (χ2n) is 8.63. The number of pyridine rings is 1. The number of nitrogens with zero attached hydrogens (tertiary/aromatic N) is 3. The highest BCUT2D eigenvalue weighted by Gasteiger charge is 2.30. The third-order valence-electron chi connectivity index (χ3n) is 6.40. The van der Waals surface area contributed by atoms with E-state index in [9.17, 15) is 9.18 Å². The molecule has 2 aliphatic heterocycles. The van der Waals surface area contributed by atoms with Crippen LogP contribution in [0.4, 0.5) is 15.8 Å². The van der Waals surface area contributed by atoms with Crippen LogP contribution in [0.5, 0.6) is 0 Å². The minimum absolute atomic E-state index is 0.190. The lowest BCUT2D eigenvalue weighted by atomic mass is 9.91. The van der Waals surface area contributed by atoms with Gasteiger partial charge >= 0.3 is 0 Å². The van der Waals surface area contributed by atoms with Crippen LogP contribution in [-0.4, -0.2) is 52.9 Å². The quantitative estimate of drug-likeness (QED) is 0.808. The van der Waals surface area contributed by atoms with E-state index < -0.39 is 0 Å². The summed E-state index contributed by atoms with van der Waals surface area (Å²) in [4.78, 5) is 21.0. The molecule has 3 heterocycles. The first kappa shape index (κ1) is 20.8. The van der Waals surface area contributed by atoms with Crippen molar-refractivity contribution in [2.24, 2.45) is 0 Å². The average Bonchev–Trinajstić information content (AvgIpc) is 2.75. The van der Waals surface area contributed by atoms with Gasteiger partial charge in [-0.15, -0.1) is 0 Å². The van der Waals surface area contributed by atoms with Gasteiger partial charge in [0, 0.05) is 61.3 Å². The zero-order chi connectivity index (χ0) is 21.1. The molecule has 30 heavy (non-hydrogen) atoms. The first-order chi connectivity index (χ1) is 14.5. The number of carbonyl (C=O) groups excluding carboxylic acids is 1. The van der Waals surface area contributed by atoms with E-state index in [1.54, 1.807) is 19.1 Å².